The molecule has 22 heavy (non-hydrogen) atoms. The number of halogens is 1. The third-order valence-corrected chi connectivity index (χ3v) is 3.81. The number of hydrogen-bond acceptors (Lipinski definition) is 2. The number of amides is 1. The Balaban J connectivity index is 2.20. The van der Waals surface area contributed by atoms with Gasteiger partial charge in [-0.15, -0.1) is 0 Å². The Labute approximate surface area is 136 Å². The highest BCUT2D eigenvalue weighted by atomic mass is 35.5. The van der Waals surface area contributed by atoms with Gasteiger partial charge in [-0.3, -0.25) is 4.79 Å². The molecule has 0 bridgehead atoms. The van der Waals surface area contributed by atoms with Crippen molar-refractivity contribution in [2.75, 3.05) is 13.6 Å². The van der Waals surface area contributed by atoms with E-state index in [-0.39, 0.29) is 11.9 Å². The van der Waals surface area contributed by atoms with Gasteiger partial charge >= 0.3 is 0 Å². The molecule has 0 spiro atoms. The monoisotopic (exact) mass is 316 g/mol. The fourth-order valence-corrected chi connectivity index (χ4v) is 2.52. The zero-order valence-electron chi connectivity index (χ0n) is 12.9. The minimum Gasteiger partial charge on any atom is -0.350 e. The van der Waals surface area contributed by atoms with Gasteiger partial charge < -0.3 is 10.6 Å². The number of benzene rings is 2. The Bertz CT molecular complexity index is 625. The fourth-order valence-electron chi connectivity index (χ4n) is 2.40. The Kier molecular flexibility index (Phi) is 5.99. The number of nitrogens with one attached hydrogen (secondary N) is 2. The van der Waals surface area contributed by atoms with Crippen molar-refractivity contribution in [2.45, 2.75) is 19.4 Å². The lowest BCUT2D eigenvalue weighted by Gasteiger charge is -2.18. The number of carbonyl (C=O) groups is 1. The summed E-state index contributed by atoms with van der Waals surface area (Å²) in [6.07, 6.45) is 0.476. The van der Waals surface area contributed by atoms with Crippen LogP contribution in [0.15, 0.2) is 48.5 Å². The Morgan fingerprint density at radius 3 is 2.50 bits per heavy atom. The van der Waals surface area contributed by atoms with Crippen LogP contribution in [0.1, 0.15) is 24.9 Å². The summed E-state index contributed by atoms with van der Waals surface area (Å²) in [6.45, 7) is 2.68. The minimum absolute atomic E-state index is 0.0452. The van der Waals surface area contributed by atoms with Gasteiger partial charge in [0.05, 0.1) is 6.04 Å². The first-order valence-corrected chi connectivity index (χ1v) is 7.78. The molecule has 0 saturated heterocycles. The molecule has 0 aliphatic carbocycles. The van der Waals surface area contributed by atoms with E-state index in [1.54, 1.807) is 0 Å². The van der Waals surface area contributed by atoms with E-state index in [9.17, 15) is 4.79 Å². The Hall–Kier alpha value is -1.84. The third kappa shape index (κ3) is 4.33. The van der Waals surface area contributed by atoms with Gasteiger partial charge in [-0.2, -0.15) is 0 Å². The molecule has 2 aromatic carbocycles. The van der Waals surface area contributed by atoms with Gasteiger partial charge in [-0.1, -0.05) is 48.0 Å². The lowest BCUT2D eigenvalue weighted by atomic mass is 9.95. The van der Waals surface area contributed by atoms with Gasteiger partial charge in [0.25, 0.3) is 0 Å². The molecule has 0 aliphatic heterocycles. The topological polar surface area (TPSA) is 41.1 Å². The molecule has 0 saturated carbocycles. The molecule has 1 unspecified atom stereocenters. The average Bonchev–Trinajstić information content (AvgIpc) is 2.53. The summed E-state index contributed by atoms with van der Waals surface area (Å²) >= 11 is 5.96. The normalized spacial score (nSPS) is 12.0. The Morgan fingerprint density at radius 1 is 1.14 bits per heavy atom. The summed E-state index contributed by atoms with van der Waals surface area (Å²) in [4.78, 5) is 11.9. The van der Waals surface area contributed by atoms with Crippen LogP contribution in [-0.4, -0.2) is 19.5 Å². The van der Waals surface area contributed by atoms with Gasteiger partial charge in [0.1, 0.15) is 0 Å². The van der Waals surface area contributed by atoms with E-state index in [4.69, 9.17) is 11.6 Å². The molecule has 3 nitrogen and oxygen atoms in total. The largest absolute Gasteiger partial charge is 0.350 e. The molecule has 0 aromatic heterocycles. The van der Waals surface area contributed by atoms with Crippen LogP contribution < -0.4 is 10.6 Å². The second-order valence-corrected chi connectivity index (χ2v) is 5.67. The molecule has 1 amide bonds. The van der Waals surface area contributed by atoms with Crippen LogP contribution in [0, 0.1) is 0 Å². The van der Waals surface area contributed by atoms with Crippen LogP contribution in [0.2, 0.25) is 5.02 Å². The molecule has 0 radical (unpaired) electrons. The zero-order valence-corrected chi connectivity index (χ0v) is 13.7. The molecule has 116 valence electrons. The zero-order chi connectivity index (χ0) is 15.9. The van der Waals surface area contributed by atoms with Crippen LogP contribution >= 0.6 is 11.6 Å². The lowest BCUT2D eigenvalue weighted by Crippen LogP contribution is -2.29. The van der Waals surface area contributed by atoms with Crippen molar-refractivity contribution in [1.29, 1.82) is 0 Å². The molecule has 0 fully saturated rings. The predicted molar refractivity (Wildman–Crippen MR) is 92.0 cm³/mol. The highest BCUT2D eigenvalue weighted by Gasteiger charge is 2.13. The maximum Gasteiger partial charge on any atom is 0.221 e. The first-order chi connectivity index (χ1) is 10.6. The quantitative estimate of drug-likeness (QED) is 0.851. The highest BCUT2D eigenvalue weighted by Crippen LogP contribution is 2.29. The standard InChI is InChI=1S/C18H21ClN2O/c1-13(21-18(22)11-12-20-2)16-5-3-4-6-17(16)14-7-9-15(19)10-8-14/h3-10,13,20H,11-12H2,1-2H3,(H,21,22). The van der Waals surface area contributed by atoms with Crippen molar-refractivity contribution in [3.05, 3.63) is 59.1 Å². The van der Waals surface area contributed by atoms with E-state index in [0.717, 1.165) is 21.7 Å². The van der Waals surface area contributed by atoms with E-state index in [2.05, 4.69) is 16.7 Å². The molecule has 2 aromatic rings. The smallest absolute Gasteiger partial charge is 0.221 e. The average molecular weight is 317 g/mol. The molecular formula is C18H21ClN2O. The summed E-state index contributed by atoms with van der Waals surface area (Å²) in [6, 6.07) is 15.8. The number of hydrogen-bond donors (Lipinski definition) is 2. The van der Waals surface area contributed by atoms with Crippen LogP contribution in [0.25, 0.3) is 11.1 Å². The Morgan fingerprint density at radius 2 is 1.82 bits per heavy atom. The summed E-state index contributed by atoms with van der Waals surface area (Å²) < 4.78 is 0. The summed E-state index contributed by atoms with van der Waals surface area (Å²) in [5.74, 6) is 0.0489. The summed E-state index contributed by atoms with van der Waals surface area (Å²) in [5.41, 5.74) is 3.31. The van der Waals surface area contributed by atoms with E-state index >= 15 is 0 Å². The molecule has 2 rings (SSSR count). The van der Waals surface area contributed by atoms with E-state index in [1.165, 1.54) is 0 Å². The van der Waals surface area contributed by atoms with Crippen molar-refractivity contribution < 1.29 is 4.79 Å². The lowest BCUT2D eigenvalue weighted by molar-refractivity contribution is -0.121. The van der Waals surface area contributed by atoms with Crippen LogP contribution in [0.4, 0.5) is 0 Å². The molecular weight excluding hydrogens is 296 g/mol. The molecule has 1 atom stereocenters. The van der Waals surface area contributed by atoms with Gasteiger partial charge in [0, 0.05) is 18.0 Å². The van der Waals surface area contributed by atoms with Crippen molar-refractivity contribution >= 4 is 17.5 Å². The molecule has 0 heterocycles. The van der Waals surface area contributed by atoms with Crippen molar-refractivity contribution in [3.8, 4) is 11.1 Å². The van der Waals surface area contributed by atoms with Crippen molar-refractivity contribution in [1.82, 2.24) is 10.6 Å². The van der Waals surface area contributed by atoms with Gasteiger partial charge in [-0.05, 0) is 42.8 Å². The minimum atomic E-state index is -0.0452. The van der Waals surface area contributed by atoms with Crippen LogP contribution in [-0.2, 0) is 4.79 Å². The second kappa shape index (κ2) is 7.97. The van der Waals surface area contributed by atoms with E-state index < -0.39 is 0 Å². The molecule has 2 N–H and O–H groups in total. The maximum absolute atomic E-state index is 11.9. The summed E-state index contributed by atoms with van der Waals surface area (Å²) in [5, 5.41) is 6.75. The predicted octanol–water partition coefficient (Wildman–Crippen LogP) is 3.79. The third-order valence-electron chi connectivity index (χ3n) is 3.56. The van der Waals surface area contributed by atoms with Crippen molar-refractivity contribution in [3.63, 3.8) is 0 Å². The van der Waals surface area contributed by atoms with Crippen molar-refractivity contribution in [2.24, 2.45) is 0 Å². The fraction of sp³-hybridized carbons (Fsp3) is 0.278. The SMILES string of the molecule is CNCCC(=O)NC(C)c1ccccc1-c1ccc(Cl)cc1. The first kappa shape index (κ1) is 16.5. The molecule has 0 aliphatic rings. The van der Waals surface area contributed by atoms with Crippen LogP contribution in [0.5, 0.6) is 0 Å². The first-order valence-electron chi connectivity index (χ1n) is 7.40. The maximum atomic E-state index is 11.9. The van der Waals surface area contributed by atoms with Crippen LogP contribution in [0.3, 0.4) is 0 Å². The van der Waals surface area contributed by atoms with Gasteiger partial charge in [-0.25, -0.2) is 0 Å². The second-order valence-electron chi connectivity index (χ2n) is 5.24. The van der Waals surface area contributed by atoms with Gasteiger partial charge in [0.15, 0.2) is 0 Å². The van der Waals surface area contributed by atoms with Gasteiger partial charge in [0.2, 0.25) is 5.91 Å². The summed E-state index contributed by atoms with van der Waals surface area (Å²) in [7, 11) is 1.84. The van der Waals surface area contributed by atoms with E-state index in [1.807, 2.05) is 56.4 Å². The number of rotatable bonds is 6. The number of carbonyl (C=O) groups excluding carboxylic acids is 1. The molecule has 4 heteroatoms. The highest BCUT2D eigenvalue weighted by molar-refractivity contribution is 6.30. The van der Waals surface area contributed by atoms with E-state index in [0.29, 0.717) is 13.0 Å².